The molecule has 0 saturated heterocycles. The minimum atomic E-state index is -0.266. The van der Waals surface area contributed by atoms with Gasteiger partial charge in [0.05, 0.1) is 12.2 Å². The summed E-state index contributed by atoms with van der Waals surface area (Å²) in [6.07, 6.45) is 2.04. The molecular weight excluding hydrogens is 400 g/mol. The number of anilines is 1. The Kier molecular flexibility index (Phi) is 5.71. The number of thiocarbonyl (C=S) groups is 1. The van der Waals surface area contributed by atoms with Crippen LogP contribution in [0.3, 0.4) is 0 Å². The summed E-state index contributed by atoms with van der Waals surface area (Å²) in [5.41, 5.74) is 2.78. The Morgan fingerprint density at radius 3 is 2.92 bits per heavy atom. The maximum absolute atomic E-state index is 12.7. The first-order valence-electron chi connectivity index (χ1n) is 8.23. The van der Waals surface area contributed by atoms with Gasteiger partial charge >= 0.3 is 0 Å². The molecule has 0 atom stereocenters. The number of hydrogen-bond acceptors (Lipinski definition) is 3. The molecule has 0 radical (unpaired) electrons. The highest BCUT2D eigenvalue weighted by Crippen LogP contribution is 2.27. The van der Waals surface area contributed by atoms with Crippen molar-refractivity contribution in [2.75, 3.05) is 18.1 Å². The van der Waals surface area contributed by atoms with Crippen LogP contribution >= 0.6 is 28.1 Å². The zero-order valence-corrected chi connectivity index (χ0v) is 16.3. The second kappa shape index (κ2) is 7.97. The van der Waals surface area contributed by atoms with Crippen LogP contribution in [0, 0.1) is 0 Å². The topological polar surface area (TPSA) is 41.6 Å². The normalized spacial score (nSPS) is 13.1. The number of carbonyl (C=O) groups excluding carboxylic acids is 1. The lowest BCUT2D eigenvalue weighted by Gasteiger charge is -2.31. The second-order valence-electron chi connectivity index (χ2n) is 5.72. The molecule has 0 spiro atoms. The van der Waals surface area contributed by atoms with E-state index in [-0.39, 0.29) is 5.91 Å². The number of nitrogens with one attached hydrogen (secondary N) is 1. The number of benzene rings is 2. The van der Waals surface area contributed by atoms with Gasteiger partial charge in [0.25, 0.3) is 5.91 Å². The maximum atomic E-state index is 12.7. The number of aryl methyl sites for hydroxylation is 1. The lowest BCUT2D eigenvalue weighted by atomic mass is 10.0. The molecule has 130 valence electrons. The number of carbonyl (C=O) groups is 1. The fourth-order valence-electron chi connectivity index (χ4n) is 2.94. The monoisotopic (exact) mass is 418 g/mol. The van der Waals surface area contributed by atoms with Crippen molar-refractivity contribution in [2.24, 2.45) is 0 Å². The summed E-state index contributed by atoms with van der Waals surface area (Å²) in [7, 11) is 0. The van der Waals surface area contributed by atoms with Crippen molar-refractivity contribution in [3.05, 3.63) is 58.1 Å². The first-order chi connectivity index (χ1) is 12.1. The summed E-state index contributed by atoms with van der Waals surface area (Å²) < 4.78 is 6.37. The third-order valence-electron chi connectivity index (χ3n) is 4.06. The second-order valence-corrected chi connectivity index (χ2v) is 7.02. The average Bonchev–Trinajstić information content (AvgIpc) is 2.62. The van der Waals surface area contributed by atoms with E-state index in [4.69, 9.17) is 17.0 Å². The van der Waals surface area contributed by atoms with Gasteiger partial charge < -0.3 is 9.64 Å². The number of rotatable bonds is 3. The number of ether oxygens (including phenoxy) is 1. The van der Waals surface area contributed by atoms with Gasteiger partial charge in [-0.15, -0.1) is 0 Å². The van der Waals surface area contributed by atoms with Crippen LogP contribution in [0.5, 0.6) is 5.75 Å². The van der Waals surface area contributed by atoms with Crippen LogP contribution in [0.4, 0.5) is 5.69 Å². The van der Waals surface area contributed by atoms with E-state index in [2.05, 4.69) is 27.3 Å². The predicted octanol–water partition coefficient (Wildman–Crippen LogP) is 4.32. The van der Waals surface area contributed by atoms with Crippen LogP contribution in [0.2, 0.25) is 0 Å². The van der Waals surface area contributed by atoms with Crippen molar-refractivity contribution in [3.8, 4) is 5.75 Å². The number of halogens is 1. The van der Waals surface area contributed by atoms with Gasteiger partial charge in [-0.25, -0.2) is 0 Å². The molecule has 1 amide bonds. The molecule has 1 aliphatic rings. The minimum Gasteiger partial charge on any atom is -0.493 e. The van der Waals surface area contributed by atoms with Crippen LogP contribution in [0.25, 0.3) is 0 Å². The van der Waals surface area contributed by atoms with Crippen molar-refractivity contribution < 1.29 is 9.53 Å². The zero-order valence-electron chi connectivity index (χ0n) is 13.9. The number of para-hydroxylation sites is 1. The smallest absolute Gasteiger partial charge is 0.261 e. The van der Waals surface area contributed by atoms with Crippen molar-refractivity contribution in [1.82, 2.24) is 5.32 Å². The molecule has 0 unspecified atom stereocenters. The van der Waals surface area contributed by atoms with E-state index in [1.54, 1.807) is 12.1 Å². The number of nitrogens with zero attached hydrogens (tertiary/aromatic N) is 1. The first kappa shape index (κ1) is 17.9. The third-order valence-corrected chi connectivity index (χ3v) is 4.88. The van der Waals surface area contributed by atoms with E-state index in [9.17, 15) is 4.79 Å². The lowest BCUT2D eigenvalue weighted by Crippen LogP contribution is -2.45. The Labute approximate surface area is 161 Å². The van der Waals surface area contributed by atoms with Gasteiger partial charge in [-0.3, -0.25) is 10.1 Å². The first-order valence-corrected chi connectivity index (χ1v) is 9.43. The van der Waals surface area contributed by atoms with E-state index < -0.39 is 0 Å². The molecule has 0 saturated carbocycles. The van der Waals surface area contributed by atoms with Gasteiger partial charge in [0.2, 0.25) is 0 Å². The molecule has 0 fully saturated rings. The number of amides is 1. The van der Waals surface area contributed by atoms with E-state index in [0.29, 0.717) is 23.0 Å². The van der Waals surface area contributed by atoms with Crippen molar-refractivity contribution in [2.45, 2.75) is 19.8 Å². The molecule has 6 heteroatoms. The standard InChI is InChI=1S/C19H19BrN2O2S/c1-2-24-17-10-9-14(20)12-15(17)18(23)21-19(25)22-11-5-7-13-6-3-4-8-16(13)22/h3-4,6,8-10,12H,2,5,7,11H2,1H3,(H,21,23,25). The van der Waals surface area contributed by atoms with E-state index in [1.165, 1.54) is 5.56 Å². The maximum Gasteiger partial charge on any atom is 0.261 e. The predicted molar refractivity (Wildman–Crippen MR) is 107 cm³/mol. The Hall–Kier alpha value is -1.92. The van der Waals surface area contributed by atoms with Crippen LogP contribution in [-0.4, -0.2) is 24.2 Å². The lowest BCUT2D eigenvalue weighted by molar-refractivity contribution is 0.0973. The van der Waals surface area contributed by atoms with Gasteiger partial charge in [-0.05, 0) is 61.8 Å². The summed E-state index contributed by atoms with van der Waals surface area (Å²) in [6.45, 7) is 3.18. The highest BCUT2D eigenvalue weighted by molar-refractivity contribution is 9.10. The van der Waals surface area contributed by atoms with Gasteiger partial charge in [0.1, 0.15) is 5.75 Å². The Balaban J connectivity index is 1.80. The number of hydrogen-bond donors (Lipinski definition) is 1. The van der Waals surface area contributed by atoms with Gasteiger partial charge in [-0.2, -0.15) is 0 Å². The summed E-state index contributed by atoms with van der Waals surface area (Å²) in [5, 5.41) is 3.27. The SMILES string of the molecule is CCOc1ccc(Br)cc1C(=O)NC(=S)N1CCCc2ccccc21. The molecular formula is C19H19BrN2O2S. The van der Waals surface area contributed by atoms with Crippen LogP contribution < -0.4 is 15.0 Å². The largest absolute Gasteiger partial charge is 0.493 e. The molecule has 0 aliphatic carbocycles. The summed E-state index contributed by atoms with van der Waals surface area (Å²) in [5.74, 6) is 0.280. The third kappa shape index (κ3) is 4.02. The minimum absolute atomic E-state index is 0.266. The fraction of sp³-hybridized carbons (Fsp3) is 0.263. The molecule has 25 heavy (non-hydrogen) atoms. The highest BCUT2D eigenvalue weighted by atomic mass is 79.9. The molecule has 3 rings (SSSR count). The molecule has 2 aromatic rings. The van der Waals surface area contributed by atoms with E-state index in [0.717, 1.165) is 29.5 Å². The van der Waals surface area contributed by atoms with Crippen molar-refractivity contribution >= 4 is 44.9 Å². The van der Waals surface area contributed by atoms with Crippen LogP contribution in [-0.2, 0) is 6.42 Å². The fourth-order valence-corrected chi connectivity index (χ4v) is 3.58. The van der Waals surface area contributed by atoms with Crippen LogP contribution in [0.1, 0.15) is 29.3 Å². The quantitative estimate of drug-likeness (QED) is 0.753. The zero-order chi connectivity index (χ0) is 17.8. The molecule has 1 aliphatic heterocycles. The van der Waals surface area contributed by atoms with Crippen molar-refractivity contribution in [3.63, 3.8) is 0 Å². The van der Waals surface area contributed by atoms with E-state index >= 15 is 0 Å². The van der Waals surface area contributed by atoms with E-state index in [1.807, 2.05) is 36.1 Å². The average molecular weight is 419 g/mol. The summed E-state index contributed by atoms with van der Waals surface area (Å²) in [4.78, 5) is 14.7. The Morgan fingerprint density at radius 1 is 1.32 bits per heavy atom. The van der Waals surface area contributed by atoms with Gasteiger partial charge in [0.15, 0.2) is 5.11 Å². The molecule has 1 N–H and O–H groups in total. The Bertz CT molecular complexity index is 810. The summed E-state index contributed by atoms with van der Waals surface area (Å²) in [6, 6.07) is 13.5. The Morgan fingerprint density at radius 2 is 2.12 bits per heavy atom. The molecule has 4 nitrogen and oxygen atoms in total. The molecule has 0 bridgehead atoms. The van der Waals surface area contributed by atoms with Gasteiger partial charge in [0, 0.05) is 16.7 Å². The number of fused-ring (bicyclic) bond motifs is 1. The molecule has 2 aromatic carbocycles. The summed E-state index contributed by atoms with van der Waals surface area (Å²) >= 11 is 8.91. The van der Waals surface area contributed by atoms with Gasteiger partial charge in [-0.1, -0.05) is 34.1 Å². The van der Waals surface area contributed by atoms with Crippen LogP contribution in [0.15, 0.2) is 46.9 Å². The molecule has 0 aromatic heterocycles. The molecule has 1 heterocycles. The van der Waals surface area contributed by atoms with Crippen molar-refractivity contribution in [1.29, 1.82) is 0 Å². The highest BCUT2D eigenvalue weighted by Gasteiger charge is 2.22.